The minimum absolute atomic E-state index is 0.00873. The molecule has 1 saturated carbocycles. The van der Waals surface area contributed by atoms with Gasteiger partial charge in [-0.25, -0.2) is 0 Å². The predicted molar refractivity (Wildman–Crippen MR) is 92.0 cm³/mol. The molecule has 0 bridgehead atoms. The molecule has 0 saturated heterocycles. The molecule has 0 unspecified atom stereocenters. The van der Waals surface area contributed by atoms with E-state index >= 15 is 0 Å². The Morgan fingerprint density at radius 3 is 2.33 bits per heavy atom. The van der Waals surface area contributed by atoms with E-state index in [2.05, 4.69) is 5.32 Å². The summed E-state index contributed by atoms with van der Waals surface area (Å²) in [6.07, 6.45) is 2.29. The van der Waals surface area contributed by atoms with Crippen molar-refractivity contribution in [1.29, 1.82) is 0 Å². The number of ketones is 1. The zero-order valence-corrected chi connectivity index (χ0v) is 13.7. The van der Waals surface area contributed by atoms with Crippen molar-refractivity contribution in [2.75, 3.05) is 6.61 Å². The fourth-order valence-electron chi connectivity index (χ4n) is 2.71. The Hall–Kier alpha value is -2.62. The molecular formula is C20H21NO3. The van der Waals surface area contributed by atoms with Gasteiger partial charge >= 0.3 is 0 Å². The normalized spacial score (nSPS) is 14.7. The highest BCUT2D eigenvalue weighted by atomic mass is 16.5. The van der Waals surface area contributed by atoms with Crippen molar-refractivity contribution in [2.24, 2.45) is 5.92 Å². The zero-order valence-electron chi connectivity index (χ0n) is 13.7. The first-order valence-corrected chi connectivity index (χ1v) is 8.21. The van der Waals surface area contributed by atoms with Crippen LogP contribution in [-0.2, 0) is 4.79 Å². The molecule has 1 atom stereocenters. The average molecular weight is 323 g/mol. The van der Waals surface area contributed by atoms with Crippen LogP contribution in [0.5, 0.6) is 5.75 Å². The Morgan fingerprint density at radius 2 is 1.75 bits per heavy atom. The minimum Gasteiger partial charge on any atom is -0.484 e. The van der Waals surface area contributed by atoms with Crippen LogP contribution in [0, 0.1) is 5.92 Å². The van der Waals surface area contributed by atoms with Gasteiger partial charge in [0, 0.05) is 5.56 Å². The number of Topliss-reactive ketones (excluding diaryl/α,β-unsaturated/α-hetero) is 1. The lowest BCUT2D eigenvalue weighted by molar-refractivity contribution is -0.124. The highest BCUT2D eigenvalue weighted by molar-refractivity contribution is 5.94. The van der Waals surface area contributed by atoms with Gasteiger partial charge in [-0.15, -0.1) is 0 Å². The largest absolute Gasteiger partial charge is 0.484 e. The molecule has 1 fully saturated rings. The summed E-state index contributed by atoms with van der Waals surface area (Å²) in [6, 6.07) is 16.9. The van der Waals surface area contributed by atoms with Crippen molar-refractivity contribution in [1.82, 2.24) is 5.32 Å². The number of nitrogens with one attached hydrogen (secondary N) is 1. The van der Waals surface area contributed by atoms with Crippen LogP contribution in [0.2, 0.25) is 0 Å². The third-order valence-corrected chi connectivity index (χ3v) is 4.20. The maximum atomic E-state index is 12.2. The second-order valence-corrected chi connectivity index (χ2v) is 6.16. The SMILES string of the molecule is CC(=O)c1ccc(OCC(=O)N[C@H](c2ccccc2)C2CC2)cc1. The fraction of sp³-hybridized carbons (Fsp3) is 0.300. The van der Waals surface area contributed by atoms with Gasteiger partial charge in [0.15, 0.2) is 12.4 Å². The molecule has 1 amide bonds. The third kappa shape index (κ3) is 4.22. The summed E-state index contributed by atoms with van der Waals surface area (Å²) in [5, 5.41) is 3.08. The lowest BCUT2D eigenvalue weighted by Gasteiger charge is -2.19. The van der Waals surface area contributed by atoms with E-state index in [1.165, 1.54) is 6.92 Å². The molecule has 2 aromatic carbocycles. The first kappa shape index (κ1) is 16.2. The van der Waals surface area contributed by atoms with Gasteiger partial charge in [-0.2, -0.15) is 0 Å². The molecule has 0 heterocycles. The molecule has 4 heteroatoms. The van der Waals surface area contributed by atoms with Gasteiger partial charge in [-0.05, 0) is 55.5 Å². The van der Waals surface area contributed by atoms with Gasteiger partial charge in [-0.3, -0.25) is 9.59 Å². The van der Waals surface area contributed by atoms with E-state index in [1.54, 1.807) is 24.3 Å². The maximum Gasteiger partial charge on any atom is 0.258 e. The summed E-state index contributed by atoms with van der Waals surface area (Å²) in [6.45, 7) is 1.49. The number of rotatable bonds is 7. The lowest BCUT2D eigenvalue weighted by atomic mass is 10.0. The number of hydrogen-bond acceptors (Lipinski definition) is 3. The van der Waals surface area contributed by atoms with Crippen molar-refractivity contribution in [3.05, 3.63) is 65.7 Å². The average Bonchev–Trinajstić information content (AvgIpc) is 3.44. The Morgan fingerprint density at radius 1 is 1.08 bits per heavy atom. The molecule has 0 spiro atoms. The topological polar surface area (TPSA) is 55.4 Å². The number of ether oxygens (including phenoxy) is 1. The van der Waals surface area contributed by atoms with Gasteiger partial charge in [-0.1, -0.05) is 30.3 Å². The second kappa shape index (κ2) is 7.30. The highest BCUT2D eigenvalue weighted by Gasteiger charge is 2.33. The monoisotopic (exact) mass is 323 g/mol. The number of amides is 1. The van der Waals surface area contributed by atoms with Crippen molar-refractivity contribution in [3.63, 3.8) is 0 Å². The van der Waals surface area contributed by atoms with E-state index < -0.39 is 0 Å². The number of carbonyl (C=O) groups excluding carboxylic acids is 2. The highest BCUT2D eigenvalue weighted by Crippen LogP contribution is 2.40. The fourth-order valence-corrected chi connectivity index (χ4v) is 2.71. The number of hydrogen-bond donors (Lipinski definition) is 1. The molecule has 24 heavy (non-hydrogen) atoms. The van der Waals surface area contributed by atoms with E-state index in [0.29, 0.717) is 17.2 Å². The first-order chi connectivity index (χ1) is 11.6. The van der Waals surface area contributed by atoms with Crippen LogP contribution in [0.25, 0.3) is 0 Å². The standard InChI is InChI=1S/C20H21NO3/c1-14(22)15-9-11-18(12-10-15)24-13-19(23)21-20(17-7-8-17)16-5-3-2-4-6-16/h2-6,9-12,17,20H,7-8,13H2,1H3,(H,21,23)/t20-/m1/s1. The predicted octanol–water partition coefficient (Wildman–Crippen LogP) is 3.54. The van der Waals surface area contributed by atoms with Gasteiger partial charge in [0.25, 0.3) is 5.91 Å². The van der Waals surface area contributed by atoms with Crippen LogP contribution in [0.3, 0.4) is 0 Å². The van der Waals surface area contributed by atoms with Crippen molar-refractivity contribution in [2.45, 2.75) is 25.8 Å². The summed E-state index contributed by atoms with van der Waals surface area (Å²) in [4.78, 5) is 23.5. The van der Waals surface area contributed by atoms with E-state index in [0.717, 1.165) is 18.4 Å². The molecular weight excluding hydrogens is 302 g/mol. The van der Waals surface area contributed by atoms with Crippen molar-refractivity contribution >= 4 is 11.7 Å². The molecule has 1 aliphatic rings. The van der Waals surface area contributed by atoms with Gasteiger partial charge < -0.3 is 10.1 Å². The van der Waals surface area contributed by atoms with Crippen molar-refractivity contribution in [3.8, 4) is 5.75 Å². The molecule has 0 aromatic heterocycles. The van der Waals surface area contributed by atoms with E-state index in [-0.39, 0.29) is 24.3 Å². The van der Waals surface area contributed by atoms with Crippen LogP contribution in [0.1, 0.15) is 41.7 Å². The van der Waals surface area contributed by atoms with Crippen LogP contribution in [-0.4, -0.2) is 18.3 Å². The number of benzene rings is 2. The molecule has 4 nitrogen and oxygen atoms in total. The number of carbonyl (C=O) groups is 2. The maximum absolute atomic E-state index is 12.2. The first-order valence-electron chi connectivity index (χ1n) is 8.21. The van der Waals surface area contributed by atoms with Gasteiger partial charge in [0.05, 0.1) is 6.04 Å². The Kier molecular flexibility index (Phi) is 4.94. The Labute approximate surface area is 141 Å². The summed E-state index contributed by atoms with van der Waals surface area (Å²) in [5.74, 6) is 0.977. The lowest BCUT2D eigenvalue weighted by Crippen LogP contribution is -2.33. The molecule has 0 aliphatic heterocycles. The van der Waals surface area contributed by atoms with E-state index in [4.69, 9.17) is 4.74 Å². The third-order valence-electron chi connectivity index (χ3n) is 4.20. The molecule has 0 radical (unpaired) electrons. The summed E-state index contributed by atoms with van der Waals surface area (Å²) < 4.78 is 5.52. The quantitative estimate of drug-likeness (QED) is 0.793. The van der Waals surface area contributed by atoms with Crippen LogP contribution in [0.15, 0.2) is 54.6 Å². The van der Waals surface area contributed by atoms with Gasteiger partial charge in [0.1, 0.15) is 5.75 Å². The second-order valence-electron chi connectivity index (χ2n) is 6.16. The van der Waals surface area contributed by atoms with Crippen LogP contribution >= 0.6 is 0 Å². The van der Waals surface area contributed by atoms with Crippen molar-refractivity contribution < 1.29 is 14.3 Å². The summed E-state index contributed by atoms with van der Waals surface area (Å²) in [7, 11) is 0. The minimum atomic E-state index is -0.133. The molecule has 1 N–H and O–H groups in total. The zero-order chi connectivity index (χ0) is 16.9. The van der Waals surface area contributed by atoms with E-state index in [9.17, 15) is 9.59 Å². The summed E-state index contributed by atoms with van der Waals surface area (Å²) >= 11 is 0. The molecule has 124 valence electrons. The molecule has 1 aliphatic carbocycles. The Balaban J connectivity index is 1.55. The molecule has 2 aromatic rings. The van der Waals surface area contributed by atoms with Gasteiger partial charge in [0.2, 0.25) is 0 Å². The van der Waals surface area contributed by atoms with E-state index in [1.807, 2.05) is 30.3 Å². The van der Waals surface area contributed by atoms with Crippen LogP contribution in [0.4, 0.5) is 0 Å². The molecule has 3 rings (SSSR count). The summed E-state index contributed by atoms with van der Waals surface area (Å²) in [5.41, 5.74) is 1.77. The van der Waals surface area contributed by atoms with Crippen LogP contribution < -0.4 is 10.1 Å². The smallest absolute Gasteiger partial charge is 0.258 e. The Bertz CT molecular complexity index is 705.